The molecule has 1 aromatic heterocycles. The lowest BCUT2D eigenvalue weighted by atomic mass is 9.90. The number of para-hydroxylation sites is 2. The number of Topliss-reactive ketones (excluding diaryl/α,β-unsaturated/α-hetero) is 1. The number of imidazole rings is 1. The van der Waals surface area contributed by atoms with Gasteiger partial charge in [-0.05, 0) is 56.3 Å². The van der Waals surface area contributed by atoms with E-state index < -0.39 is 0 Å². The zero-order valence-corrected chi connectivity index (χ0v) is 16.2. The molecule has 140 valence electrons. The summed E-state index contributed by atoms with van der Waals surface area (Å²) in [6.07, 6.45) is 9.46. The molecule has 4 rings (SSSR count). The lowest BCUT2D eigenvalue weighted by Crippen LogP contribution is -2.39. The minimum absolute atomic E-state index is 0.0183. The van der Waals surface area contributed by atoms with Gasteiger partial charge in [0, 0.05) is 6.42 Å². The monoisotopic (exact) mass is 371 g/mol. The number of benzene rings is 1. The summed E-state index contributed by atoms with van der Waals surface area (Å²) >= 11 is 1.66. The van der Waals surface area contributed by atoms with E-state index in [4.69, 9.17) is 4.98 Å². The van der Waals surface area contributed by atoms with E-state index in [-0.39, 0.29) is 5.25 Å². The van der Waals surface area contributed by atoms with Gasteiger partial charge in [0.25, 0.3) is 0 Å². The quantitative estimate of drug-likeness (QED) is 0.700. The molecule has 1 saturated carbocycles. The van der Waals surface area contributed by atoms with Crippen LogP contribution in [0.25, 0.3) is 11.0 Å². The van der Waals surface area contributed by atoms with Crippen molar-refractivity contribution in [3.63, 3.8) is 0 Å². The first-order valence-electron chi connectivity index (χ1n) is 10.1. The van der Waals surface area contributed by atoms with Crippen LogP contribution in [0.4, 0.5) is 0 Å². The van der Waals surface area contributed by atoms with Crippen LogP contribution in [0.3, 0.4) is 0 Å². The van der Waals surface area contributed by atoms with Crippen LogP contribution in [-0.2, 0) is 4.79 Å². The topological polar surface area (TPSA) is 57.8 Å². The number of H-pyrrole nitrogens is 1. The third-order valence-corrected chi connectivity index (χ3v) is 7.28. The molecular formula is C21H29N3OS. The summed E-state index contributed by atoms with van der Waals surface area (Å²) < 4.78 is 0. The summed E-state index contributed by atoms with van der Waals surface area (Å²) in [6, 6.07) is 8.09. The minimum Gasteiger partial charge on any atom is -0.333 e. The van der Waals surface area contributed by atoms with Crippen molar-refractivity contribution >= 4 is 28.6 Å². The highest BCUT2D eigenvalue weighted by molar-refractivity contribution is 8.00. The van der Waals surface area contributed by atoms with Crippen LogP contribution in [0.5, 0.6) is 0 Å². The van der Waals surface area contributed by atoms with Crippen molar-refractivity contribution in [3.8, 4) is 0 Å². The van der Waals surface area contributed by atoms with Crippen molar-refractivity contribution in [3.05, 3.63) is 24.3 Å². The van der Waals surface area contributed by atoms with E-state index in [1.165, 1.54) is 25.7 Å². The third-order valence-electron chi connectivity index (χ3n) is 5.96. The van der Waals surface area contributed by atoms with Crippen LogP contribution in [0.2, 0.25) is 0 Å². The fourth-order valence-corrected chi connectivity index (χ4v) is 5.69. The van der Waals surface area contributed by atoms with E-state index in [2.05, 4.69) is 10.3 Å². The molecule has 2 unspecified atom stereocenters. The first kappa shape index (κ1) is 18.1. The molecule has 2 N–H and O–H groups in total. The molecule has 0 spiro atoms. The van der Waals surface area contributed by atoms with E-state index >= 15 is 0 Å². The smallest absolute Gasteiger partial charge is 0.167 e. The van der Waals surface area contributed by atoms with E-state index in [9.17, 15) is 4.79 Å². The second-order valence-corrected chi connectivity index (χ2v) is 8.99. The van der Waals surface area contributed by atoms with Gasteiger partial charge in [0.15, 0.2) is 5.16 Å². The number of thioether (sulfide) groups is 1. The van der Waals surface area contributed by atoms with Crippen molar-refractivity contribution < 1.29 is 4.79 Å². The van der Waals surface area contributed by atoms with Crippen molar-refractivity contribution in [2.24, 2.45) is 11.8 Å². The summed E-state index contributed by atoms with van der Waals surface area (Å²) in [5.74, 6) is 1.62. The molecule has 26 heavy (non-hydrogen) atoms. The lowest BCUT2D eigenvalue weighted by molar-refractivity contribution is -0.119. The average molecular weight is 372 g/mol. The Morgan fingerprint density at radius 3 is 2.81 bits per heavy atom. The maximum atomic E-state index is 13.1. The molecule has 2 heterocycles. The second-order valence-electron chi connectivity index (χ2n) is 7.86. The number of carbonyl (C=O) groups is 1. The number of hydrogen-bond acceptors (Lipinski definition) is 4. The largest absolute Gasteiger partial charge is 0.333 e. The molecule has 1 aromatic carbocycles. The SMILES string of the molecule is O=C(CCC1CCCC1)C(Sc1nc2ccccc2[nH]1)C1CCCNC1. The molecule has 0 amide bonds. The molecule has 4 nitrogen and oxygen atoms in total. The minimum atomic E-state index is 0.0183. The van der Waals surface area contributed by atoms with Crippen LogP contribution in [-0.4, -0.2) is 34.1 Å². The Hall–Kier alpha value is -1.33. The number of ketones is 1. The van der Waals surface area contributed by atoms with Crippen LogP contribution < -0.4 is 5.32 Å². The van der Waals surface area contributed by atoms with Gasteiger partial charge < -0.3 is 10.3 Å². The van der Waals surface area contributed by atoms with E-state index in [0.717, 1.165) is 60.9 Å². The van der Waals surface area contributed by atoms with Crippen molar-refractivity contribution in [1.82, 2.24) is 15.3 Å². The standard InChI is InChI=1S/C21H29N3OS/c25-19(12-11-15-6-1-2-7-15)20(16-8-5-13-22-14-16)26-21-23-17-9-3-4-10-18(17)24-21/h3-4,9-10,15-16,20,22H,1-2,5-8,11-14H2,(H,23,24). The van der Waals surface area contributed by atoms with Crippen LogP contribution >= 0.6 is 11.8 Å². The number of piperidine rings is 1. The Morgan fingerprint density at radius 1 is 1.19 bits per heavy atom. The number of nitrogens with zero attached hydrogens (tertiary/aromatic N) is 1. The number of fused-ring (bicyclic) bond motifs is 1. The zero-order chi connectivity index (χ0) is 17.8. The van der Waals surface area contributed by atoms with Gasteiger partial charge in [-0.2, -0.15) is 0 Å². The van der Waals surface area contributed by atoms with Crippen molar-refractivity contribution in [2.45, 2.75) is 61.8 Å². The summed E-state index contributed by atoms with van der Waals surface area (Å²) in [5.41, 5.74) is 2.03. The fourth-order valence-electron chi connectivity index (χ4n) is 4.46. The molecule has 5 heteroatoms. The summed E-state index contributed by atoms with van der Waals surface area (Å²) in [7, 11) is 0. The van der Waals surface area contributed by atoms with Gasteiger partial charge in [0.1, 0.15) is 5.78 Å². The van der Waals surface area contributed by atoms with E-state index in [0.29, 0.717) is 11.7 Å². The number of carbonyl (C=O) groups excluding carboxylic acids is 1. The maximum Gasteiger partial charge on any atom is 0.167 e. The number of aromatic amines is 1. The second kappa shape index (κ2) is 8.57. The zero-order valence-electron chi connectivity index (χ0n) is 15.4. The lowest BCUT2D eigenvalue weighted by Gasteiger charge is -2.29. The van der Waals surface area contributed by atoms with Gasteiger partial charge in [-0.3, -0.25) is 4.79 Å². The molecule has 2 atom stereocenters. The predicted molar refractivity (Wildman–Crippen MR) is 108 cm³/mol. The number of rotatable bonds is 7. The van der Waals surface area contributed by atoms with Crippen LogP contribution in [0, 0.1) is 11.8 Å². The molecule has 2 fully saturated rings. The van der Waals surface area contributed by atoms with Gasteiger partial charge in [0.2, 0.25) is 0 Å². The van der Waals surface area contributed by atoms with Gasteiger partial charge in [0.05, 0.1) is 16.3 Å². The fraction of sp³-hybridized carbons (Fsp3) is 0.619. The first-order valence-corrected chi connectivity index (χ1v) is 11.0. The molecular weight excluding hydrogens is 342 g/mol. The number of nitrogens with one attached hydrogen (secondary N) is 2. The Morgan fingerprint density at radius 2 is 2.04 bits per heavy atom. The van der Waals surface area contributed by atoms with Crippen molar-refractivity contribution in [2.75, 3.05) is 13.1 Å². The highest BCUT2D eigenvalue weighted by Gasteiger charge is 2.31. The molecule has 1 aliphatic heterocycles. The maximum absolute atomic E-state index is 13.1. The Kier molecular flexibility index (Phi) is 5.95. The highest BCUT2D eigenvalue weighted by atomic mass is 32.2. The van der Waals surface area contributed by atoms with Gasteiger partial charge >= 0.3 is 0 Å². The number of hydrogen-bond donors (Lipinski definition) is 2. The molecule has 0 bridgehead atoms. The molecule has 2 aliphatic rings. The van der Waals surface area contributed by atoms with Crippen LogP contribution in [0.15, 0.2) is 29.4 Å². The first-order chi connectivity index (χ1) is 12.8. The highest BCUT2D eigenvalue weighted by Crippen LogP contribution is 2.34. The van der Waals surface area contributed by atoms with Crippen LogP contribution in [0.1, 0.15) is 51.4 Å². The average Bonchev–Trinajstić information content (AvgIpc) is 3.34. The number of aromatic nitrogens is 2. The van der Waals surface area contributed by atoms with Gasteiger partial charge in [-0.1, -0.05) is 49.6 Å². The Balaban J connectivity index is 1.46. The van der Waals surface area contributed by atoms with E-state index in [1.807, 2.05) is 24.3 Å². The molecule has 1 aliphatic carbocycles. The predicted octanol–water partition coefficient (Wildman–Crippen LogP) is 4.56. The molecule has 1 saturated heterocycles. The Bertz CT molecular complexity index is 699. The van der Waals surface area contributed by atoms with Gasteiger partial charge in [-0.25, -0.2) is 4.98 Å². The summed E-state index contributed by atoms with van der Waals surface area (Å²) in [6.45, 7) is 2.03. The Labute approximate surface area is 159 Å². The summed E-state index contributed by atoms with van der Waals surface area (Å²) in [4.78, 5) is 21.2. The summed E-state index contributed by atoms with van der Waals surface area (Å²) in [5, 5.41) is 4.39. The van der Waals surface area contributed by atoms with E-state index in [1.54, 1.807) is 11.8 Å². The molecule has 0 radical (unpaired) electrons. The normalized spacial score (nSPS) is 22.7. The third kappa shape index (κ3) is 4.32. The van der Waals surface area contributed by atoms with Gasteiger partial charge in [-0.15, -0.1) is 0 Å². The van der Waals surface area contributed by atoms with Crippen molar-refractivity contribution in [1.29, 1.82) is 0 Å². The molecule has 2 aromatic rings.